The maximum atomic E-state index is 13.2. The van der Waals surface area contributed by atoms with Crippen LogP contribution in [0.2, 0.25) is 0 Å². The van der Waals surface area contributed by atoms with E-state index in [4.69, 9.17) is 4.98 Å². The average Bonchev–Trinajstić information content (AvgIpc) is 3.19. The topological polar surface area (TPSA) is 74.8 Å². The highest BCUT2D eigenvalue weighted by Gasteiger charge is 2.28. The zero-order valence-electron chi connectivity index (χ0n) is 15.7. The Morgan fingerprint density at radius 3 is 2.86 bits per heavy atom. The van der Waals surface area contributed by atoms with E-state index in [1.54, 1.807) is 12.4 Å². The van der Waals surface area contributed by atoms with Gasteiger partial charge in [0.15, 0.2) is 0 Å². The van der Waals surface area contributed by atoms with Gasteiger partial charge in [0.05, 0.1) is 22.1 Å². The number of aromatic amines is 1. The molecule has 3 heterocycles. The molecule has 5 rings (SSSR count). The Hall–Kier alpha value is -3.28. The van der Waals surface area contributed by atoms with E-state index >= 15 is 0 Å². The first-order chi connectivity index (χ1) is 13.7. The molecule has 0 spiro atoms. The lowest BCUT2D eigenvalue weighted by atomic mass is 9.96. The Bertz CT molecular complexity index is 1180. The van der Waals surface area contributed by atoms with Crippen molar-refractivity contribution in [2.75, 3.05) is 13.1 Å². The van der Waals surface area contributed by atoms with E-state index in [2.05, 4.69) is 34.0 Å². The Morgan fingerprint density at radius 1 is 1.11 bits per heavy atom. The molecular weight excluding hydrogens is 350 g/mol. The van der Waals surface area contributed by atoms with Crippen LogP contribution < -0.4 is 0 Å². The van der Waals surface area contributed by atoms with Crippen LogP contribution in [0, 0.1) is 6.92 Å². The monoisotopic (exact) mass is 371 g/mol. The second-order valence-corrected chi connectivity index (χ2v) is 7.41. The number of carbonyl (C=O) groups excluding carboxylic acids is 1. The van der Waals surface area contributed by atoms with Crippen LogP contribution in [0.5, 0.6) is 0 Å². The molecule has 4 aromatic rings. The summed E-state index contributed by atoms with van der Waals surface area (Å²) in [6.07, 6.45) is 5.27. The summed E-state index contributed by atoms with van der Waals surface area (Å²) >= 11 is 0. The highest BCUT2D eigenvalue weighted by atomic mass is 16.2. The van der Waals surface area contributed by atoms with Crippen LogP contribution in [0.15, 0.2) is 48.8 Å². The standard InChI is InChI=1S/C22H21N5O/c1-14-5-2-9-18-19(14)26-21(25-18)15-6-4-12-27(13-15)22(28)16-7-3-8-17-20(16)24-11-10-23-17/h2-3,5,7-11,15H,4,6,12-13H2,1H3,(H,25,26). The number of imidazole rings is 1. The van der Waals surface area contributed by atoms with Crippen molar-refractivity contribution in [3.05, 3.63) is 65.7 Å². The van der Waals surface area contributed by atoms with Gasteiger partial charge in [-0.05, 0) is 43.5 Å². The van der Waals surface area contributed by atoms with Crippen molar-refractivity contribution in [1.82, 2.24) is 24.8 Å². The summed E-state index contributed by atoms with van der Waals surface area (Å²) in [5, 5.41) is 0. The van der Waals surface area contributed by atoms with Gasteiger partial charge >= 0.3 is 0 Å². The average molecular weight is 371 g/mol. The summed E-state index contributed by atoms with van der Waals surface area (Å²) in [7, 11) is 0. The number of H-pyrrole nitrogens is 1. The number of nitrogens with zero attached hydrogens (tertiary/aromatic N) is 4. The highest BCUT2D eigenvalue weighted by Crippen LogP contribution is 2.29. The van der Waals surface area contributed by atoms with Crippen molar-refractivity contribution in [3.8, 4) is 0 Å². The van der Waals surface area contributed by atoms with E-state index in [0.29, 0.717) is 17.6 Å². The van der Waals surface area contributed by atoms with Crippen molar-refractivity contribution in [1.29, 1.82) is 0 Å². The number of piperidine rings is 1. The molecule has 140 valence electrons. The molecule has 2 aromatic carbocycles. The molecular formula is C22H21N5O. The third-order valence-corrected chi connectivity index (χ3v) is 5.56. The lowest BCUT2D eigenvalue weighted by Crippen LogP contribution is -2.39. The summed E-state index contributed by atoms with van der Waals surface area (Å²) in [6, 6.07) is 11.8. The molecule has 1 fully saturated rings. The summed E-state index contributed by atoms with van der Waals surface area (Å²) in [4.78, 5) is 32.2. The lowest BCUT2D eigenvalue weighted by molar-refractivity contribution is 0.0706. The third-order valence-electron chi connectivity index (χ3n) is 5.56. The fraction of sp³-hybridized carbons (Fsp3) is 0.273. The van der Waals surface area contributed by atoms with Gasteiger partial charge in [-0.15, -0.1) is 0 Å². The van der Waals surface area contributed by atoms with Gasteiger partial charge in [0.2, 0.25) is 0 Å². The molecule has 1 aliphatic rings. The first-order valence-corrected chi connectivity index (χ1v) is 9.65. The lowest BCUT2D eigenvalue weighted by Gasteiger charge is -2.32. The number of amides is 1. The van der Waals surface area contributed by atoms with E-state index in [1.807, 2.05) is 29.2 Å². The fourth-order valence-electron chi connectivity index (χ4n) is 4.11. The second kappa shape index (κ2) is 6.71. The van der Waals surface area contributed by atoms with Crippen LogP contribution in [-0.4, -0.2) is 43.8 Å². The van der Waals surface area contributed by atoms with Crippen molar-refractivity contribution in [2.24, 2.45) is 0 Å². The van der Waals surface area contributed by atoms with Crippen molar-refractivity contribution in [2.45, 2.75) is 25.7 Å². The van der Waals surface area contributed by atoms with Gasteiger partial charge in [-0.3, -0.25) is 14.8 Å². The molecule has 6 heteroatoms. The number of likely N-dealkylation sites (tertiary alicyclic amines) is 1. The number of carbonyl (C=O) groups is 1. The minimum absolute atomic E-state index is 0.0168. The number of fused-ring (bicyclic) bond motifs is 2. The normalized spacial score (nSPS) is 17.3. The van der Waals surface area contributed by atoms with Gasteiger partial charge in [0.1, 0.15) is 11.3 Å². The molecule has 2 aromatic heterocycles. The number of hydrogen-bond acceptors (Lipinski definition) is 4. The van der Waals surface area contributed by atoms with Gasteiger partial charge < -0.3 is 9.88 Å². The zero-order chi connectivity index (χ0) is 19.1. The summed E-state index contributed by atoms with van der Waals surface area (Å²) in [6.45, 7) is 3.49. The fourth-order valence-corrected chi connectivity index (χ4v) is 4.11. The minimum Gasteiger partial charge on any atom is -0.342 e. The molecule has 0 saturated carbocycles. The smallest absolute Gasteiger partial charge is 0.256 e. The van der Waals surface area contributed by atoms with E-state index in [9.17, 15) is 4.79 Å². The van der Waals surface area contributed by atoms with Gasteiger partial charge in [-0.2, -0.15) is 0 Å². The Balaban J connectivity index is 1.44. The van der Waals surface area contributed by atoms with Crippen LogP contribution in [0.4, 0.5) is 0 Å². The van der Waals surface area contributed by atoms with Gasteiger partial charge in [-0.25, -0.2) is 4.98 Å². The Morgan fingerprint density at radius 2 is 1.96 bits per heavy atom. The third kappa shape index (κ3) is 2.81. The molecule has 6 nitrogen and oxygen atoms in total. The summed E-state index contributed by atoms with van der Waals surface area (Å²) < 4.78 is 0. The van der Waals surface area contributed by atoms with E-state index in [1.165, 1.54) is 0 Å². The molecule has 1 amide bonds. The van der Waals surface area contributed by atoms with Crippen molar-refractivity contribution >= 4 is 28.0 Å². The molecule has 28 heavy (non-hydrogen) atoms. The van der Waals surface area contributed by atoms with E-state index in [0.717, 1.165) is 47.3 Å². The first-order valence-electron chi connectivity index (χ1n) is 9.65. The van der Waals surface area contributed by atoms with Crippen LogP contribution >= 0.6 is 0 Å². The molecule has 1 aliphatic heterocycles. The molecule has 1 saturated heterocycles. The molecule has 0 bridgehead atoms. The first kappa shape index (κ1) is 16.9. The van der Waals surface area contributed by atoms with E-state index < -0.39 is 0 Å². The predicted molar refractivity (Wildman–Crippen MR) is 108 cm³/mol. The molecule has 0 radical (unpaired) electrons. The highest BCUT2D eigenvalue weighted by molar-refractivity contribution is 6.04. The number of aryl methyl sites for hydroxylation is 1. The van der Waals surface area contributed by atoms with Gasteiger partial charge in [0, 0.05) is 31.4 Å². The predicted octanol–water partition coefficient (Wildman–Crippen LogP) is 3.83. The van der Waals surface area contributed by atoms with E-state index in [-0.39, 0.29) is 11.8 Å². The van der Waals surface area contributed by atoms with Gasteiger partial charge in [-0.1, -0.05) is 18.2 Å². The molecule has 1 unspecified atom stereocenters. The van der Waals surface area contributed by atoms with Crippen LogP contribution in [0.25, 0.3) is 22.1 Å². The largest absolute Gasteiger partial charge is 0.342 e. The van der Waals surface area contributed by atoms with Crippen LogP contribution in [0.1, 0.15) is 40.5 Å². The second-order valence-electron chi connectivity index (χ2n) is 7.41. The zero-order valence-corrected chi connectivity index (χ0v) is 15.7. The number of aromatic nitrogens is 4. The summed E-state index contributed by atoms with van der Waals surface area (Å²) in [5.74, 6) is 1.20. The number of hydrogen-bond donors (Lipinski definition) is 1. The number of para-hydroxylation sites is 2. The summed E-state index contributed by atoms with van der Waals surface area (Å²) in [5.41, 5.74) is 5.27. The van der Waals surface area contributed by atoms with Crippen molar-refractivity contribution in [3.63, 3.8) is 0 Å². The maximum Gasteiger partial charge on any atom is 0.256 e. The Kier molecular flexibility index (Phi) is 4.04. The molecule has 1 atom stereocenters. The molecule has 0 aliphatic carbocycles. The van der Waals surface area contributed by atoms with Crippen molar-refractivity contribution < 1.29 is 4.79 Å². The number of rotatable bonds is 2. The quantitative estimate of drug-likeness (QED) is 0.581. The Labute approximate surface area is 162 Å². The number of nitrogens with one attached hydrogen (secondary N) is 1. The van der Waals surface area contributed by atoms with Crippen LogP contribution in [-0.2, 0) is 0 Å². The maximum absolute atomic E-state index is 13.2. The minimum atomic E-state index is 0.0168. The van der Waals surface area contributed by atoms with Crippen LogP contribution in [0.3, 0.4) is 0 Å². The molecule has 1 N–H and O–H groups in total. The van der Waals surface area contributed by atoms with Gasteiger partial charge in [0.25, 0.3) is 5.91 Å². The SMILES string of the molecule is Cc1cccc2[nH]c(C3CCCN(C(=O)c4cccc5nccnc45)C3)nc12. The number of benzene rings is 2.